The van der Waals surface area contributed by atoms with E-state index in [1.54, 1.807) is 72.8 Å². The van der Waals surface area contributed by atoms with Crippen LogP contribution in [0.3, 0.4) is 0 Å². The van der Waals surface area contributed by atoms with Gasteiger partial charge in [0.25, 0.3) is 0 Å². The zero-order chi connectivity index (χ0) is 102. The SMILES string of the molecule is Brc1ccc(-c2cc(-c3ccc(Br)cc3)cc(-c3ccc(Br)cc3)c2)cc1.C.COC(=O)c1ccc(-c2ccc(-c3cc(-c4ccc(-c5ccc(C(=O)OC)cc5)cc4)cc(-c4ccc(-c5ccc(C(=O)OC)cc5)cc4)c3)cc2)cc1.COC(=O)c1ccc(B(O)O)cc1.O=C(O)c1ccc(-c2ccc(-c3cc(-c4ccc(-c5ccc(C(=O)O)cc5)cc4)cc(-c4ccc(-c5ccc(C(=O)O)cc5)cc4)c3)cc2)cc1.[Na+].[OH-]. The summed E-state index contributed by atoms with van der Waals surface area (Å²) < 4.78 is 22.3. The summed E-state index contributed by atoms with van der Waals surface area (Å²) in [5, 5.41) is 45.3. The van der Waals surface area contributed by atoms with E-state index in [0.29, 0.717) is 27.7 Å². The van der Waals surface area contributed by atoms with E-state index >= 15 is 0 Å². The van der Waals surface area contributed by atoms with Gasteiger partial charge in [0.05, 0.1) is 67.4 Å². The molecule has 19 rings (SSSR count). The molecule has 0 saturated carbocycles. The molecule has 148 heavy (non-hydrogen) atoms. The molecule has 0 unspecified atom stereocenters. The molecule has 0 aliphatic heterocycles. The number of rotatable bonds is 23. The van der Waals surface area contributed by atoms with Gasteiger partial charge < -0.3 is 49.8 Å². The van der Waals surface area contributed by atoms with Crippen LogP contribution in [0.1, 0.15) is 79.9 Å². The Kier molecular flexibility index (Phi) is 37.6. The van der Waals surface area contributed by atoms with E-state index in [1.165, 1.54) is 86.1 Å². The molecular weight excluding hydrogens is 2060 g/mol. The maximum absolute atomic E-state index is 11.9. The molecule has 0 amide bonds. The van der Waals surface area contributed by atoms with Crippen LogP contribution in [0.5, 0.6) is 0 Å². The largest absolute Gasteiger partial charge is 1.00 e. The van der Waals surface area contributed by atoms with Crippen molar-refractivity contribution in [3.63, 3.8) is 0 Å². The number of carboxylic acid groups (broad SMARTS) is 3. The molecule has 0 aliphatic rings. The number of carbonyl (C=O) groups is 7. The summed E-state index contributed by atoms with van der Waals surface area (Å²) in [6.07, 6.45) is 0. The van der Waals surface area contributed by atoms with Crippen molar-refractivity contribution in [1.29, 1.82) is 0 Å². The monoisotopic (exact) mass is 2150 g/mol. The fraction of sp³-hybridized carbons (Fsp3) is 0.0397. The van der Waals surface area contributed by atoms with Crippen molar-refractivity contribution >= 4 is 102 Å². The van der Waals surface area contributed by atoms with E-state index in [1.807, 2.05) is 109 Å². The summed E-state index contributed by atoms with van der Waals surface area (Å²) in [5.74, 6) is -4.40. The summed E-state index contributed by atoms with van der Waals surface area (Å²) in [4.78, 5) is 80.6. The van der Waals surface area contributed by atoms with Crippen molar-refractivity contribution in [2.75, 3.05) is 28.4 Å². The average molecular weight is 2150 g/mol. The van der Waals surface area contributed by atoms with Crippen LogP contribution in [0, 0.1) is 0 Å². The number of hydrogen-bond acceptors (Lipinski definition) is 14. The number of carbonyl (C=O) groups excluding carboxylic acids is 4. The van der Waals surface area contributed by atoms with Crippen molar-refractivity contribution in [3.05, 3.63) is 495 Å². The molecule has 22 heteroatoms. The standard InChI is InChI=1S/C48H36O6.C45H30O6.C24H15Br3.C8H9BO4.CH4.Na.H2O/c1-52-46(49)40-22-16-34(17-23-40)31-4-10-37(11-5-31)43-28-44(38-12-6-32(7-13-38)35-18-24-41(25-19-35)47(50)53-2)30-45(29-43)39-14-8-33(9-15-39)36-20-26-42(27-21-36)48(51)54-3;46-43(47)37-19-13-31(14-20-37)28-1-7-34(8-2-28)40-25-41(35-9-3-29(4-10-35)32-15-21-38(22-16-32)44(48)49)27-42(26-40)36-11-5-30(6-12-36)33-17-23-39(24-18-33)45(50)51;25-22-7-1-16(2-8-22)19-13-20(17-3-9-23(26)10-4-17)15-21(14-19)18-5-11-24(27)12-6-18;1-13-8(10)6-2-4-7(5-3-6)9(11)12;;;/h4-30H,1-3H3;1-27H,(H,46,47)(H,48,49)(H,50,51);1-15H;2-5,11-12H,1H3;1H4;;1H2/q;;;;;+1;/p-1. The van der Waals surface area contributed by atoms with Gasteiger partial charge >= 0.3 is 78.5 Å². The molecule has 0 aromatic heterocycles. The number of hydrogen-bond donors (Lipinski definition) is 5. The molecule has 0 atom stereocenters. The normalized spacial score (nSPS) is 10.4. The van der Waals surface area contributed by atoms with Crippen LogP contribution < -0.4 is 35.0 Å². The Morgan fingerprint density at radius 2 is 0.284 bits per heavy atom. The molecule has 0 bridgehead atoms. The maximum Gasteiger partial charge on any atom is 1.00 e. The molecule has 726 valence electrons. The van der Waals surface area contributed by atoms with Crippen LogP contribution >= 0.6 is 47.8 Å². The number of halogens is 3. The molecule has 17 nitrogen and oxygen atoms in total. The van der Waals surface area contributed by atoms with Gasteiger partial charge in [0.1, 0.15) is 0 Å². The number of methoxy groups -OCH3 is 4. The van der Waals surface area contributed by atoms with E-state index < -0.39 is 31.0 Å². The molecule has 19 aromatic rings. The number of carboxylic acids is 3. The minimum atomic E-state index is -1.51. The quantitative estimate of drug-likeness (QED) is 0.0226. The fourth-order valence-corrected chi connectivity index (χ4v) is 17.3. The minimum Gasteiger partial charge on any atom is -0.870 e. The average Bonchev–Trinajstić information content (AvgIpc) is 0.794. The second kappa shape index (κ2) is 51.1. The number of aromatic carboxylic acids is 3. The van der Waals surface area contributed by atoms with Crippen molar-refractivity contribution in [1.82, 2.24) is 0 Å². The van der Waals surface area contributed by atoms with Crippen molar-refractivity contribution < 1.29 is 113 Å². The third kappa shape index (κ3) is 27.5. The van der Waals surface area contributed by atoms with Gasteiger partial charge in [-0.1, -0.05) is 322 Å². The van der Waals surface area contributed by atoms with E-state index in [0.717, 1.165) is 147 Å². The van der Waals surface area contributed by atoms with Gasteiger partial charge in [-0.05, 0) is 348 Å². The molecular formula is C126H95BBr3NaO17. The Labute approximate surface area is 905 Å². The summed E-state index contributed by atoms with van der Waals surface area (Å²) in [7, 11) is 3.91. The minimum absolute atomic E-state index is 0. The number of benzene rings is 19. The van der Waals surface area contributed by atoms with Gasteiger partial charge in [-0.2, -0.15) is 0 Å². The van der Waals surface area contributed by atoms with Gasteiger partial charge in [0.15, 0.2) is 0 Å². The first-order chi connectivity index (χ1) is 70.3. The van der Waals surface area contributed by atoms with Crippen LogP contribution in [0.15, 0.2) is 456 Å². The van der Waals surface area contributed by atoms with Crippen molar-refractivity contribution in [2.45, 2.75) is 7.43 Å². The van der Waals surface area contributed by atoms with Gasteiger partial charge in [-0.3, -0.25) is 0 Å². The van der Waals surface area contributed by atoms with E-state index in [4.69, 9.17) is 24.3 Å². The van der Waals surface area contributed by atoms with Crippen LogP contribution in [0.4, 0.5) is 0 Å². The first-order valence-corrected chi connectivity index (χ1v) is 48.1. The molecule has 0 spiro atoms. The Bertz CT molecular complexity index is 7140. The molecule has 19 aromatic carbocycles. The van der Waals surface area contributed by atoms with Gasteiger partial charge in [0.2, 0.25) is 0 Å². The summed E-state index contributed by atoms with van der Waals surface area (Å²) in [6.45, 7) is 0. The van der Waals surface area contributed by atoms with Crippen LogP contribution in [0.25, 0.3) is 167 Å². The smallest absolute Gasteiger partial charge is 0.870 e. The first kappa shape index (κ1) is 109. The van der Waals surface area contributed by atoms with Gasteiger partial charge in [0, 0.05) is 13.4 Å². The van der Waals surface area contributed by atoms with E-state index in [2.05, 4.69) is 289 Å². The molecule has 0 fully saturated rings. The van der Waals surface area contributed by atoms with Crippen molar-refractivity contribution in [2.24, 2.45) is 0 Å². The van der Waals surface area contributed by atoms with E-state index in [9.17, 15) is 48.9 Å². The van der Waals surface area contributed by atoms with E-state index in [-0.39, 0.29) is 77.1 Å². The topological polar surface area (TPSA) is 288 Å². The predicted octanol–water partition coefficient (Wildman–Crippen LogP) is 27.4. The molecule has 0 saturated heterocycles. The van der Waals surface area contributed by atoms with Crippen LogP contribution in [-0.4, -0.2) is 108 Å². The molecule has 0 aliphatic carbocycles. The van der Waals surface area contributed by atoms with Gasteiger partial charge in [-0.25, -0.2) is 33.6 Å². The first-order valence-electron chi connectivity index (χ1n) is 45.8. The number of ether oxygens (including phenoxy) is 4. The van der Waals surface area contributed by atoms with Crippen LogP contribution in [-0.2, 0) is 18.9 Å². The second-order valence-electron chi connectivity index (χ2n) is 33.7. The summed E-state index contributed by atoms with van der Waals surface area (Å²) >= 11 is 10.6. The number of esters is 4. The molecule has 0 radical (unpaired) electrons. The Morgan fingerprint density at radius 1 is 0.182 bits per heavy atom. The predicted molar refractivity (Wildman–Crippen MR) is 595 cm³/mol. The van der Waals surface area contributed by atoms with Crippen molar-refractivity contribution in [3.8, 4) is 167 Å². The zero-order valence-electron chi connectivity index (χ0n) is 80.0. The summed E-state index contributed by atoms with van der Waals surface area (Å²) in [5.41, 5.74) is 34.6. The third-order valence-electron chi connectivity index (χ3n) is 24.6. The summed E-state index contributed by atoms with van der Waals surface area (Å²) in [6, 6.07) is 144. The third-order valence-corrected chi connectivity index (χ3v) is 26.2. The molecule has 0 heterocycles. The van der Waals surface area contributed by atoms with Gasteiger partial charge in [-0.15, -0.1) is 0 Å². The Morgan fingerprint density at radius 3 is 0.399 bits per heavy atom. The zero-order valence-corrected chi connectivity index (χ0v) is 86.8. The Hall–Kier alpha value is -16.1. The Balaban J connectivity index is 0.000000179. The van der Waals surface area contributed by atoms with Crippen LogP contribution in [0.2, 0.25) is 0 Å². The second-order valence-corrected chi connectivity index (χ2v) is 36.5. The maximum atomic E-state index is 11.9. The fourth-order valence-electron chi connectivity index (χ4n) is 16.5. The molecule has 6 N–H and O–H groups in total.